The molecule has 2 unspecified atom stereocenters. The van der Waals surface area contributed by atoms with Gasteiger partial charge in [0.15, 0.2) is 0 Å². The highest BCUT2D eigenvalue weighted by Crippen LogP contribution is 2.27. The number of carbonyl (C=O) groups excluding carboxylic acids is 2. The van der Waals surface area contributed by atoms with Gasteiger partial charge in [-0.3, -0.25) is 9.59 Å². The highest BCUT2D eigenvalue weighted by molar-refractivity contribution is 6.01. The summed E-state index contributed by atoms with van der Waals surface area (Å²) in [5.74, 6) is 0.0338. The highest BCUT2D eigenvalue weighted by atomic mass is 16.2. The van der Waals surface area contributed by atoms with Crippen molar-refractivity contribution in [3.05, 3.63) is 0 Å². The van der Waals surface area contributed by atoms with E-state index in [1.807, 2.05) is 0 Å². The van der Waals surface area contributed by atoms with Crippen molar-refractivity contribution in [2.45, 2.75) is 53.4 Å². The molecule has 1 N–H and O–H groups in total. The Morgan fingerprint density at radius 3 is 2.65 bits per heavy atom. The molecule has 0 aromatic carbocycles. The summed E-state index contributed by atoms with van der Waals surface area (Å²) in [6, 6.07) is 0. The molecule has 3 nitrogen and oxygen atoms in total. The summed E-state index contributed by atoms with van der Waals surface area (Å²) in [5, 5.41) is 2.77. The van der Waals surface area contributed by atoms with Crippen LogP contribution in [-0.4, -0.2) is 18.2 Å². The monoisotopic (exact) mass is 239 g/mol. The second-order valence-corrected chi connectivity index (χ2v) is 6.53. The normalized spacial score (nSPS) is 23.1. The Hall–Kier alpha value is -0.860. The minimum Gasteiger partial charge on any atom is -0.355 e. The first-order valence-corrected chi connectivity index (χ1v) is 6.60. The minimum absolute atomic E-state index is 0.0655. The average molecular weight is 239 g/mol. The summed E-state index contributed by atoms with van der Waals surface area (Å²) in [5.41, 5.74) is 0.245. The summed E-state index contributed by atoms with van der Waals surface area (Å²) < 4.78 is 0. The van der Waals surface area contributed by atoms with Crippen molar-refractivity contribution in [3.63, 3.8) is 0 Å². The van der Waals surface area contributed by atoms with Crippen LogP contribution in [0.5, 0.6) is 0 Å². The fraction of sp³-hybridized carbons (Fsp3) is 0.857. The minimum atomic E-state index is -0.383. The van der Waals surface area contributed by atoms with Gasteiger partial charge >= 0.3 is 0 Å². The van der Waals surface area contributed by atoms with E-state index in [2.05, 4.69) is 33.0 Å². The van der Waals surface area contributed by atoms with Gasteiger partial charge in [0.25, 0.3) is 0 Å². The standard InChI is InChI=1S/C14H25NO2/c1-10(9-14(2,3)4)8-12(16)11-6-5-7-15-13(11)17/h10-11H,5-9H2,1-4H3,(H,15,17). The molecule has 0 saturated carbocycles. The van der Waals surface area contributed by atoms with E-state index >= 15 is 0 Å². The van der Waals surface area contributed by atoms with E-state index in [0.717, 1.165) is 25.8 Å². The number of nitrogens with one attached hydrogen (secondary N) is 1. The summed E-state index contributed by atoms with van der Waals surface area (Å²) in [6.45, 7) is 9.37. The Morgan fingerprint density at radius 2 is 2.12 bits per heavy atom. The fourth-order valence-electron chi connectivity index (χ4n) is 2.68. The van der Waals surface area contributed by atoms with Crippen LogP contribution in [-0.2, 0) is 9.59 Å². The maximum absolute atomic E-state index is 12.0. The first-order valence-electron chi connectivity index (χ1n) is 6.60. The molecule has 17 heavy (non-hydrogen) atoms. The Balaban J connectivity index is 2.45. The van der Waals surface area contributed by atoms with E-state index in [1.54, 1.807) is 0 Å². The quantitative estimate of drug-likeness (QED) is 0.766. The molecule has 0 spiro atoms. The lowest BCUT2D eigenvalue weighted by molar-refractivity contribution is -0.136. The molecule has 1 saturated heterocycles. The third-order valence-corrected chi connectivity index (χ3v) is 3.18. The number of amides is 1. The maximum atomic E-state index is 12.0. The molecule has 98 valence electrons. The molecule has 0 aliphatic carbocycles. The topological polar surface area (TPSA) is 46.2 Å². The Morgan fingerprint density at radius 1 is 1.47 bits per heavy atom. The molecule has 1 fully saturated rings. The van der Waals surface area contributed by atoms with Gasteiger partial charge < -0.3 is 5.32 Å². The lowest BCUT2D eigenvalue weighted by Gasteiger charge is -2.25. The number of piperidine rings is 1. The van der Waals surface area contributed by atoms with E-state index in [-0.39, 0.29) is 23.0 Å². The number of rotatable bonds is 4. The van der Waals surface area contributed by atoms with Crippen LogP contribution in [0.25, 0.3) is 0 Å². The van der Waals surface area contributed by atoms with Crippen LogP contribution in [0.3, 0.4) is 0 Å². The van der Waals surface area contributed by atoms with Gasteiger partial charge in [0.1, 0.15) is 5.78 Å². The van der Waals surface area contributed by atoms with Crippen molar-refractivity contribution < 1.29 is 9.59 Å². The summed E-state index contributed by atoms with van der Waals surface area (Å²) in [6.07, 6.45) is 3.21. The molecule has 1 amide bonds. The SMILES string of the molecule is CC(CC(=O)C1CCCNC1=O)CC(C)(C)C. The molecule has 3 heteroatoms. The van der Waals surface area contributed by atoms with Crippen LogP contribution in [0.1, 0.15) is 53.4 Å². The van der Waals surface area contributed by atoms with Crippen molar-refractivity contribution in [2.75, 3.05) is 6.54 Å². The zero-order valence-corrected chi connectivity index (χ0v) is 11.5. The van der Waals surface area contributed by atoms with Gasteiger partial charge in [-0.2, -0.15) is 0 Å². The van der Waals surface area contributed by atoms with Gasteiger partial charge in [-0.15, -0.1) is 0 Å². The van der Waals surface area contributed by atoms with Gasteiger partial charge in [0.05, 0.1) is 5.92 Å². The van der Waals surface area contributed by atoms with Crippen LogP contribution in [0.2, 0.25) is 0 Å². The number of ketones is 1. The fourth-order valence-corrected chi connectivity index (χ4v) is 2.68. The van der Waals surface area contributed by atoms with Crippen LogP contribution < -0.4 is 5.32 Å². The Labute approximate surface area is 104 Å². The summed E-state index contributed by atoms with van der Waals surface area (Å²) >= 11 is 0. The Bertz CT molecular complexity index is 291. The molecular formula is C14H25NO2. The third-order valence-electron chi connectivity index (χ3n) is 3.18. The maximum Gasteiger partial charge on any atom is 0.230 e. The van der Waals surface area contributed by atoms with Gasteiger partial charge in [0.2, 0.25) is 5.91 Å². The van der Waals surface area contributed by atoms with Crippen molar-refractivity contribution in [1.82, 2.24) is 5.32 Å². The molecule has 1 heterocycles. The van der Waals surface area contributed by atoms with Gasteiger partial charge in [-0.05, 0) is 30.6 Å². The van der Waals surface area contributed by atoms with Crippen LogP contribution in [0, 0.1) is 17.3 Å². The van der Waals surface area contributed by atoms with Gasteiger partial charge in [-0.1, -0.05) is 27.7 Å². The molecule has 0 aromatic heterocycles. The third kappa shape index (κ3) is 4.88. The number of carbonyl (C=O) groups is 2. The summed E-state index contributed by atoms with van der Waals surface area (Å²) in [4.78, 5) is 23.6. The van der Waals surface area contributed by atoms with E-state index in [1.165, 1.54) is 0 Å². The van der Waals surface area contributed by atoms with Gasteiger partial charge in [0, 0.05) is 13.0 Å². The number of hydrogen-bond donors (Lipinski definition) is 1. The average Bonchev–Trinajstić information content (AvgIpc) is 2.14. The first kappa shape index (κ1) is 14.2. The summed E-state index contributed by atoms with van der Waals surface area (Å²) in [7, 11) is 0. The Kier molecular flexibility index (Phi) is 4.72. The number of hydrogen-bond acceptors (Lipinski definition) is 2. The lowest BCUT2D eigenvalue weighted by Crippen LogP contribution is -2.40. The second kappa shape index (κ2) is 5.65. The van der Waals surface area contributed by atoms with Crippen molar-refractivity contribution in [3.8, 4) is 0 Å². The zero-order valence-electron chi connectivity index (χ0n) is 11.5. The van der Waals surface area contributed by atoms with Crippen LogP contribution >= 0.6 is 0 Å². The first-order chi connectivity index (χ1) is 7.79. The van der Waals surface area contributed by atoms with E-state index < -0.39 is 0 Å². The predicted octanol–water partition coefficient (Wildman–Crippen LogP) is 2.54. The van der Waals surface area contributed by atoms with E-state index in [4.69, 9.17) is 0 Å². The van der Waals surface area contributed by atoms with Crippen molar-refractivity contribution >= 4 is 11.7 Å². The predicted molar refractivity (Wildman–Crippen MR) is 68.6 cm³/mol. The van der Waals surface area contributed by atoms with E-state index in [9.17, 15) is 9.59 Å². The largest absolute Gasteiger partial charge is 0.355 e. The second-order valence-electron chi connectivity index (χ2n) is 6.53. The number of Topliss-reactive ketones (excluding diaryl/α,β-unsaturated/α-hetero) is 1. The lowest BCUT2D eigenvalue weighted by atomic mass is 9.81. The smallest absolute Gasteiger partial charge is 0.230 e. The molecular weight excluding hydrogens is 214 g/mol. The zero-order chi connectivity index (χ0) is 13.1. The molecule has 0 bridgehead atoms. The molecule has 1 rings (SSSR count). The van der Waals surface area contributed by atoms with Crippen LogP contribution in [0.4, 0.5) is 0 Å². The molecule has 0 aromatic rings. The molecule has 2 atom stereocenters. The molecule has 0 radical (unpaired) electrons. The molecule has 1 aliphatic rings. The van der Waals surface area contributed by atoms with Gasteiger partial charge in [-0.25, -0.2) is 0 Å². The van der Waals surface area contributed by atoms with E-state index in [0.29, 0.717) is 12.3 Å². The molecule has 1 aliphatic heterocycles. The van der Waals surface area contributed by atoms with Crippen LogP contribution in [0.15, 0.2) is 0 Å². The van der Waals surface area contributed by atoms with Crippen molar-refractivity contribution in [1.29, 1.82) is 0 Å². The highest BCUT2D eigenvalue weighted by Gasteiger charge is 2.30. The van der Waals surface area contributed by atoms with Crippen molar-refractivity contribution in [2.24, 2.45) is 17.3 Å².